The molecule has 2 aromatic carbocycles. The van der Waals surface area contributed by atoms with Gasteiger partial charge in [0.1, 0.15) is 6.10 Å². The number of ether oxygens (including phenoxy) is 1. The highest BCUT2D eigenvalue weighted by atomic mass is 35.5. The maximum absolute atomic E-state index is 11.9. The summed E-state index contributed by atoms with van der Waals surface area (Å²) in [5, 5.41) is 6.90. The molecule has 0 unspecified atom stereocenters. The molecular formula is C26H27ClN4O3S. The van der Waals surface area contributed by atoms with Gasteiger partial charge < -0.3 is 10.1 Å². The van der Waals surface area contributed by atoms with Crippen LogP contribution in [-0.4, -0.2) is 48.1 Å². The Morgan fingerprint density at radius 2 is 1.89 bits per heavy atom. The molecule has 5 rings (SSSR count). The van der Waals surface area contributed by atoms with Crippen molar-refractivity contribution >= 4 is 49.0 Å². The standard InChI is InChI=1S/C26H27ClN4O3S/c1-17(29-23-10-13-28-22-9-4-3-7-20(22)23)24-16-18-6-5-8-21(27)25(18)26(30-24)34-19-11-14-31(15-12-19)35(2,32)33/h3-10,13,16-17,19H,11-12,14-15H2,1-2H3,(H,28,29)/t17-/m0/s1. The lowest BCUT2D eigenvalue weighted by atomic mass is 10.1. The van der Waals surface area contributed by atoms with E-state index in [0.717, 1.165) is 33.1 Å². The van der Waals surface area contributed by atoms with Gasteiger partial charge in [0.25, 0.3) is 0 Å². The van der Waals surface area contributed by atoms with Crippen LogP contribution in [0.4, 0.5) is 5.69 Å². The van der Waals surface area contributed by atoms with E-state index in [4.69, 9.17) is 21.3 Å². The molecule has 1 fully saturated rings. The summed E-state index contributed by atoms with van der Waals surface area (Å²) in [5.74, 6) is 0.481. The van der Waals surface area contributed by atoms with Gasteiger partial charge in [-0.1, -0.05) is 41.9 Å². The smallest absolute Gasteiger partial charge is 0.223 e. The molecule has 0 amide bonds. The third kappa shape index (κ3) is 5.05. The van der Waals surface area contributed by atoms with Crippen molar-refractivity contribution in [2.75, 3.05) is 24.7 Å². The second kappa shape index (κ2) is 9.60. The summed E-state index contributed by atoms with van der Waals surface area (Å²) in [5.41, 5.74) is 2.73. The number of benzene rings is 2. The van der Waals surface area contributed by atoms with Crippen molar-refractivity contribution in [3.05, 3.63) is 71.5 Å². The summed E-state index contributed by atoms with van der Waals surface area (Å²) in [6.07, 6.45) is 4.10. The van der Waals surface area contributed by atoms with Crippen molar-refractivity contribution in [3.63, 3.8) is 0 Å². The fourth-order valence-corrected chi connectivity index (χ4v) is 5.66. The number of nitrogens with one attached hydrogen (secondary N) is 1. The van der Waals surface area contributed by atoms with Crippen molar-refractivity contribution in [2.24, 2.45) is 0 Å². The third-order valence-electron chi connectivity index (χ3n) is 6.41. The highest BCUT2D eigenvalue weighted by molar-refractivity contribution is 7.88. The molecule has 1 saturated heterocycles. The number of rotatable bonds is 6. The third-order valence-corrected chi connectivity index (χ3v) is 8.02. The normalized spacial score (nSPS) is 16.4. The van der Waals surface area contributed by atoms with Crippen LogP contribution in [0.25, 0.3) is 21.7 Å². The van der Waals surface area contributed by atoms with Crippen molar-refractivity contribution in [2.45, 2.75) is 31.9 Å². The van der Waals surface area contributed by atoms with Gasteiger partial charge in [0.05, 0.1) is 33.9 Å². The van der Waals surface area contributed by atoms with Crippen LogP contribution < -0.4 is 10.1 Å². The Morgan fingerprint density at radius 3 is 2.66 bits per heavy atom. The molecule has 9 heteroatoms. The Labute approximate surface area is 210 Å². The first-order valence-electron chi connectivity index (χ1n) is 11.6. The molecule has 1 aliphatic heterocycles. The lowest BCUT2D eigenvalue weighted by Gasteiger charge is -2.30. The first-order chi connectivity index (χ1) is 16.8. The van der Waals surface area contributed by atoms with Gasteiger partial charge in [-0.3, -0.25) is 4.98 Å². The molecule has 0 bridgehead atoms. The molecule has 0 spiro atoms. The Hall–Kier alpha value is -2.94. The van der Waals surface area contributed by atoms with Crippen LogP contribution in [0.3, 0.4) is 0 Å². The van der Waals surface area contributed by atoms with E-state index in [0.29, 0.717) is 36.8 Å². The molecule has 182 valence electrons. The Morgan fingerprint density at radius 1 is 1.11 bits per heavy atom. The second-order valence-electron chi connectivity index (χ2n) is 8.91. The van der Waals surface area contributed by atoms with Crippen molar-refractivity contribution in [1.82, 2.24) is 14.3 Å². The fourth-order valence-electron chi connectivity index (χ4n) is 4.53. The molecule has 2 aromatic heterocycles. The van der Waals surface area contributed by atoms with Gasteiger partial charge in [0.2, 0.25) is 15.9 Å². The van der Waals surface area contributed by atoms with Crippen molar-refractivity contribution in [3.8, 4) is 5.88 Å². The zero-order valence-electron chi connectivity index (χ0n) is 19.6. The van der Waals surface area contributed by atoms with Crippen LogP contribution in [0.5, 0.6) is 5.88 Å². The van der Waals surface area contributed by atoms with Crippen LogP contribution in [0.1, 0.15) is 31.5 Å². The fraction of sp³-hybridized carbons (Fsp3) is 0.308. The van der Waals surface area contributed by atoms with Crippen LogP contribution in [0.2, 0.25) is 5.02 Å². The van der Waals surface area contributed by atoms with E-state index in [1.165, 1.54) is 10.6 Å². The van der Waals surface area contributed by atoms with Crippen molar-refractivity contribution < 1.29 is 13.2 Å². The average molecular weight is 511 g/mol. The molecule has 1 aliphatic rings. The van der Waals surface area contributed by atoms with Gasteiger partial charge in [-0.05, 0) is 49.4 Å². The minimum absolute atomic E-state index is 0.112. The van der Waals surface area contributed by atoms with Crippen molar-refractivity contribution in [1.29, 1.82) is 0 Å². The van der Waals surface area contributed by atoms with E-state index in [1.54, 1.807) is 6.20 Å². The van der Waals surface area contributed by atoms with E-state index >= 15 is 0 Å². The number of halogens is 1. The number of anilines is 1. The number of hydrogen-bond acceptors (Lipinski definition) is 6. The lowest BCUT2D eigenvalue weighted by Crippen LogP contribution is -2.41. The number of nitrogens with zero attached hydrogens (tertiary/aromatic N) is 3. The van der Waals surface area contributed by atoms with Gasteiger partial charge in [0.15, 0.2) is 0 Å². The summed E-state index contributed by atoms with van der Waals surface area (Å²) in [6, 6.07) is 17.6. The zero-order chi connectivity index (χ0) is 24.6. The summed E-state index contributed by atoms with van der Waals surface area (Å²) in [7, 11) is -3.20. The van der Waals surface area contributed by atoms with Gasteiger partial charge >= 0.3 is 0 Å². The van der Waals surface area contributed by atoms with E-state index in [2.05, 4.69) is 17.2 Å². The first-order valence-corrected chi connectivity index (χ1v) is 13.8. The highest BCUT2D eigenvalue weighted by Crippen LogP contribution is 2.35. The number of fused-ring (bicyclic) bond motifs is 2. The molecule has 0 saturated carbocycles. The number of pyridine rings is 2. The number of para-hydroxylation sites is 1. The number of piperidine rings is 1. The minimum atomic E-state index is -3.20. The largest absolute Gasteiger partial charge is 0.474 e. The summed E-state index contributed by atoms with van der Waals surface area (Å²) < 4.78 is 31.6. The quantitative estimate of drug-likeness (QED) is 0.373. The molecule has 0 radical (unpaired) electrons. The number of aromatic nitrogens is 2. The number of sulfonamides is 1. The van der Waals surface area contributed by atoms with E-state index in [9.17, 15) is 8.42 Å². The van der Waals surface area contributed by atoms with Gasteiger partial charge in [-0.2, -0.15) is 0 Å². The maximum atomic E-state index is 11.9. The monoisotopic (exact) mass is 510 g/mol. The SMILES string of the molecule is C[C@H](Nc1ccnc2ccccc12)c1cc2cccc(Cl)c2c(OC2CCN(S(C)(=O)=O)CC2)n1. The topological polar surface area (TPSA) is 84.4 Å². The summed E-state index contributed by atoms with van der Waals surface area (Å²) >= 11 is 6.56. The second-order valence-corrected chi connectivity index (χ2v) is 11.3. The lowest BCUT2D eigenvalue weighted by molar-refractivity contribution is 0.132. The number of hydrogen-bond donors (Lipinski definition) is 1. The predicted octanol–water partition coefficient (Wildman–Crippen LogP) is 5.41. The van der Waals surface area contributed by atoms with Gasteiger partial charge in [0, 0.05) is 30.4 Å². The first kappa shape index (κ1) is 23.8. The Bertz CT molecular complexity index is 1480. The molecule has 4 aromatic rings. The Balaban J connectivity index is 1.45. The van der Waals surface area contributed by atoms with Crippen LogP contribution in [-0.2, 0) is 10.0 Å². The summed E-state index contributed by atoms with van der Waals surface area (Å²) in [4.78, 5) is 9.32. The molecule has 3 heterocycles. The van der Waals surface area contributed by atoms with Crippen LogP contribution >= 0.6 is 11.6 Å². The molecular weight excluding hydrogens is 484 g/mol. The zero-order valence-corrected chi connectivity index (χ0v) is 21.2. The van der Waals surface area contributed by atoms with E-state index in [1.807, 2.05) is 54.6 Å². The maximum Gasteiger partial charge on any atom is 0.223 e. The van der Waals surface area contributed by atoms with Crippen LogP contribution in [0.15, 0.2) is 60.8 Å². The van der Waals surface area contributed by atoms with E-state index < -0.39 is 10.0 Å². The molecule has 1 N–H and O–H groups in total. The summed E-state index contributed by atoms with van der Waals surface area (Å²) in [6.45, 7) is 2.92. The molecule has 0 aliphatic carbocycles. The molecule has 7 nitrogen and oxygen atoms in total. The van der Waals surface area contributed by atoms with E-state index in [-0.39, 0.29) is 12.1 Å². The minimum Gasteiger partial charge on any atom is -0.474 e. The molecule has 1 atom stereocenters. The van der Waals surface area contributed by atoms with Gasteiger partial charge in [-0.15, -0.1) is 0 Å². The predicted molar refractivity (Wildman–Crippen MR) is 141 cm³/mol. The van der Waals surface area contributed by atoms with Crippen LogP contribution in [0, 0.1) is 0 Å². The average Bonchev–Trinajstić information content (AvgIpc) is 2.84. The Kier molecular flexibility index (Phi) is 6.53. The molecule has 35 heavy (non-hydrogen) atoms. The highest BCUT2D eigenvalue weighted by Gasteiger charge is 2.27. The van der Waals surface area contributed by atoms with Gasteiger partial charge in [-0.25, -0.2) is 17.7 Å².